The summed E-state index contributed by atoms with van der Waals surface area (Å²) in [4.78, 5) is 37.0. The summed E-state index contributed by atoms with van der Waals surface area (Å²) in [5, 5.41) is 0. The zero-order valence-corrected chi connectivity index (χ0v) is 14.2. The highest BCUT2D eigenvalue weighted by atomic mass is 16.5. The predicted molar refractivity (Wildman–Crippen MR) is 93.8 cm³/mol. The maximum atomic E-state index is 12.4. The van der Waals surface area contributed by atoms with E-state index in [-0.39, 0.29) is 12.3 Å². The van der Waals surface area contributed by atoms with Crippen molar-refractivity contribution in [3.05, 3.63) is 59.2 Å². The van der Waals surface area contributed by atoms with Gasteiger partial charge in [0, 0.05) is 24.2 Å². The van der Waals surface area contributed by atoms with Crippen LogP contribution in [0.2, 0.25) is 0 Å². The number of aryl methyl sites for hydroxylation is 2. The van der Waals surface area contributed by atoms with E-state index in [9.17, 15) is 14.4 Å². The van der Waals surface area contributed by atoms with Gasteiger partial charge in [0.2, 0.25) is 5.91 Å². The number of anilines is 1. The average Bonchev–Trinajstić information content (AvgIpc) is 2.97. The molecule has 128 valence electrons. The number of hydrogen-bond donors (Lipinski definition) is 0. The van der Waals surface area contributed by atoms with Crippen LogP contribution in [0.15, 0.2) is 42.5 Å². The van der Waals surface area contributed by atoms with Crippen LogP contribution in [0, 0.1) is 19.8 Å². The van der Waals surface area contributed by atoms with Gasteiger partial charge in [0.15, 0.2) is 0 Å². The number of amides is 1. The van der Waals surface area contributed by atoms with E-state index in [1.165, 1.54) is 0 Å². The summed E-state index contributed by atoms with van der Waals surface area (Å²) in [6.07, 6.45) is 0.862. The fourth-order valence-corrected chi connectivity index (χ4v) is 3.04. The van der Waals surface area contributed by atoms with Gasteiger partial charge in [-0.25, -0.2) is 0 Å². The maximum absolute atomic E-state index is 12.4. The summed E-state index contributed by atoms with van der Waals surface area (Å²) in [5.74, 6) is -0.644. The van der Waals surface area contributed by atoms with E-state index in [0.29, 0.717) is 17.9 Å². The molecule has 1 atom stereocenters. The van der Waals surface area contributed by atoms with Crippen molar-refractivity contribution in [1.82, 2.24) is 0 Å². The average molecular weight is 337 g/mol. The number of ether oxygens (including phenoxy) is 1. The molecule has 0 bridgehead atoms. The monoisotopic (exact) mass is 337 g/mol. The van der Waals surface area contributed by atoms with Crippen molar-refractivity contribution in [2.24, 2.45) is 5.92 Å². The Balaban J connectivity index is 1.70. The van der Waals surface area contributed by atoms with Gasteiger partial charge in [0.25, 0.3) is 0 Å². The zero-order chi connectivity index (χ0) is 18.0. The molecule has 1 heterocycles. The second-order valence-electron chi connectivity index (χ2n) is 6.36. The molecule has 1 aliphatic rings. The van der Waals surface area contributed by atoms with E-state index in [2.05, 4.69) is 0 Å². The fourth-order valence-electron chi connectivity index (χ4n) is 3.04. The molecule has 0 saturated carbocycles. The van der Waals surface area contributed by atoms with Crippen molar-refractivity contribution in [3.63, 3.8) is 0 Å². The van der Waals surface area contributed by atoms with Crippen LogP contribution in [0.5, 0.6) is 5.75 Å². The van der Waals surface area contributed by atoms with E-state index in [1.54, 1.807) is 29.2 Å². The standard InChI is InChI=1S/C20H19NO4/c1-13-7-14(2)9-17(8-13)21-11-16(10-19(21)23)20(24)25-18-5-3-15(12-22)4-6-18/h3-9,12,16H,10-11H2,1-2H3/t16-/m1/s1. The van der Waals surface area contributed by atoms with Crippen LogP contribution in [0.3, 0.4) is 0 Å². The molecule has 2 aromatic rings. The van der Waals surface area contributed by atoms with Gasteiger partial charge in [-0.1, -0.05) is 6.07 Å². The van der Waals surface area contributed by atoms with Gasteiger partial charge in [-0.2, -0.15) is 0 Å². The molecule has 0 aliphatic carbocycles. The normalized spacial score (nSPS) is 16.8. The molecule has 0 N–H and O–H groups in total. The Bertz CT molecular complexity index is 806. The Labute approximate surface area is 146 Å². The summed E-state index contributed by atoms with van der Waals surface area (Å²) in [5.41, 5.74) is 3.47. The second-order valence-corrected chi connectivity index (χ2v) is 6.36. The van der Waals surface area contributed by atoms with Crippen molar-refractivity contribution in [2.45, 2.75) is 20.3 Å². The zero-order valence-electron chi connectivity index (χ0n) is 14.2. The Kier molecular flexibility index (Phi) is 4.65. The van der Waals surface area contributed by atoms with Crippen LogP contribution in [0.25, 0.3) is 0 Å². The smallest absolute Gasteiger partial charge is 0.316 e. The minimum absolute atomic E-state index is 0.0803. The van der Waals surface area contributed by atoms with E-state index in [1.807, 2.05) is 32.0 Å². The van der Waals surface area contributed by atoms with Crippen molar-refractivity contribution in [3.8, 4) is 5.75 Å². The molecule has 1 fully saturated rings. The largest absolute Gasteiger partial charge is 0.426 e. The SMILES string of the molecule is Cc1cc(C)cc(N2C[C@H](C(=O)Oc3ccc(C=O)cc3)CC2=O)c1. The van der Waals surface area contributed by atoms with Crippen molar-refractivity contribution in [2.75, 3.05) is 11.4 Å². The molecule has 25 heavy (non-hydrogen) atoms. The first-order valence-electron chi connectivity index (χ1n) is 8.12. The molecule has 0 aromatic heterocycles. The molecule has 0 spiro atoms. The van der Waals surface area contributed by atoms with Crippen molar-refractivity contribution < 1.29 is 19.1 Å². The predicted octanol–water partition coefficient (Wildman–Crippen LogP) is 3.07. The number of rotatable bonds is 4. The molecule has 0 unspecified atom stereocenters. The van der Waals surface area contributed by atoms with Gasteiger partial charge in [-0.3, -0.25) is 14.4 Å². The van der Waals surface area contributed by atoms with Crippen LogP contribution >= 0.6 is 0 Å². The van der Waals surface area contributed by atoms with Gasteiger partial charge in [0.1, 0.15) is 12.0 Å². The molecule has 5 heteroatoms. The summed E-state index contributed by atoms with van der Waals surface area (Å²) in [7, 11) is 0. The van der Waals surface area contributed by atoms with Crippen molar-refractivity contribution in [1.29, 1.82) is 0 Å². The summed E-state index contributed by atoms with van der Waals surface area (Å²) < 4.78 is 5.34. The van der Waals surface area contributed by atoms with Gasteiger partial charge in [-0.15, -0.1) is 0 Å². The third-order valence-electron chi connectivity index (χ3n) is 4.21. The molecule has 2 aromatic carbocycles. The third kappa shape index (κ3) is 3.76. The molecular weight excluding hydrogens is 318 g/mol. The van der Waals surface area contributed by atoms with Crippen LogP contribution in [-0.2, 0) is 9.59 Å². The van der Waals surface area contributed by atoms with Crippen LogP contribution in [0.4, 0.5) is 5.69 Å². The van der Waals surface area contributed by atoms with Gasteiger partial charge < -0.3 is 9.64 Å². The highest BCUT2D eigenvalue weighted by molar-refractivity contribution is 5.99. The van der Waals surface area contributed by atoms with Crippen LogP contribution < -0.4 is 9.64 Å². The number of aldehydes is 1. The van der Waals surface area contributed by atoms with Crippen LogP contribution in [0.1, 0.15) is 27.9 Å². The topological polar surface area (TPSA) is 63.7 Å². The first-order chi connectivity index (χ1) is 12.0. The Morgan fingerprint density at radius 3 is 2.36 bits per heavy atom. The van der Waals surface area contributed by atoms with Crippen LogP contribution in [-0.4, -0.2) is 24.7 Å². The summed E-state index contributed by atoms with van der Waals surface area (Å²) in [6.45, 7) is 4.27. The lowest BCUT2D eigenvalue weighted by molar-refractivity contribution is -0.139. The molecule has 1 aliphatic heterocycles. The van der Waals surface area contributed by atoms with E-state index in [0.717, 1.165) is 23.1 Å². The maximum Gasteiger partial charge on any atom is 0.316 e. The highest BCUT2D eigenvalue weighted by Crippen LogP contribution is 2.28. The van der Waals surface area contributed by atoms with Crippen molar-refractivity contribution >= 4 is 23.9 Å². The third-order valence-corrected chi connectivity index (χ3v) is 4.21. The van der Waals surface area contributed by atoms with Gasteiger partial charge in [-0.05, 0) is 61.4 Å². The lowest BCUT2D eigenvalue weighted by Gasteiger charge is -2.18. The molecular formula is C20H19NO4. The Morgan fingerprint density at radius 2 is 1.76 bits per heavy atom. The minimum atomic E-state index is -0.501. The number of benzene rings is 2. The lowest BCUT2D eigenvalue weighted by Crippen LogP contribution is -2.27. The minimum Gasteiger partial charge on any atom is -0.426 e. The van der Waals surface area contributed by atoms with E-state index in [4.69, 9.17) is 4.74 Å². The summed E-state index contributed by atoms with van der Waals surface area (Å²) >= 11 is 0. The second kappa shape index (κ2) is 6.89. The van der Waals surface area contributed by atoms with Gasteiger partial charge >= 0.3 is 5.97 Å². The molecule has 1 saturated heterocycles. The number of hydrogen-bond acceptors (Lipinski definition) is 4. The lowest BCUT2D eigenvalue weighted by atomic mass is 10.1. The first kappa shape index (κ1) is 16.9. The number of nitrogens with zero attached hydrogens (tertiary/aromatic N) is 1. The van der Waals surface area contributed by atoms with Gasteiger partial charge in [0.05, 0.1) is 5.92 Å². The fraction of sp³-hybridized carbons (Fsp3) is 0.250. The Morgan fingerprint density at radius 1 is 1.12 bits per heavy atom. The summed E-state index contributed by atoms with van der Waals surface area (Å²) in [6, 6.07) is 12.2. The van der Waals surface area contributed by atoms with E-state index < -0.39 is 11.9 Å². The number of esters is 1. The molecule has 5 nitrogen and oxygen atoms in total. The Hall–Kier alpha value is -2.95. The molecule has 3 rings (SSSR count). The number of carbonyl (C=O) groups is 3. The molecule has 1 amide bonds. The number of carbonyl (C=O) groups excluding carboxylic acids is 3. The first-order valence-corrected chi connectivity index (χ1v) is 8.12. The highest BCUT2D eigenvalue weighted by Gasteiger charge is 2.36. The molecule has 0 radical (unpaired) electrons. The quantitative estimate of drug-likeness (QED) is 0.489. The van der Waals surface area contributed by atoms with E-state index >= 15 is 0 Å².